The molecule has 0 aliphatic rings. The lowest BCUT2D eigenvalue weighted by Gasteiger charge is -2.12. The van der Waals surface area contributed by atoms with Crippen molar-refractivity contribution in [3.63, 3.8) is 0 Å². The first-order valence-electron chi connectivity index (χ1n) is 8.57. The van der Waals surface area contributed by atoms with Crippen molar-refractivity contribution in [3.8, 4) is 11.4 Å². The Labute approximate surface area is 159 Å². The van der Waals surface area contributed by atoms with E-state index in [0.717, 1.165) is 17.7 Å². The Morgan fingerprint density at radius 1 is 1.04 bits per heavy atom. The van der Waals surface area contributed by atoms with E-state index in [1.54, 1.807) is 30.6 Å². The van der Waals surface area contributed by atoms with E-state index in [0.29, 0.717) is 23.8 Å². The van der Waals surface area contributed by atoms with Crippen LogP contribution in [0.1, 0.15) is 18.2 Å². The highest BCUT2D eigenvalue weighted by Crippen LogP contribution is 2.20. The van der Waals surface area contributed by atoms with Crippen molar-refractivity contribution in [2.45, 2.75) is 24.8 Å². The zero-order valence-electron chi connectivity index (χ0n) is 15.2. The van der Waals surface area contributed by atoms with Crippen LogP contribution < -0.4 is 10.0 Å². The minimum atomic E-state index is -3.53. The molecule has 0 radical (unpaired) electrons. The maximum atomic E-state index is 12.2. The number of anilines is 1. The van der Waals surface area contributed by atoms with Crippen LogP contribution in [0.15, 0.2) is 59.8 Å². The molecule has 0 saturated carbocycles. The van der Waals surface area contributed by atoms with E-state index in [2.05, 4.69) is 25.0 Å². The molecule has 0 atom stereocenters. The van der Waals surface area contributed by atoms with E-state index in [-0.39, 0.29) is 4.90 Å². The van der Waals surface area contributed by atoms with Crippen LogP contribution in [0, 0.1) is 0 Å². The van der Waals surface area contributed by atoms with Gasteiger partial charge in [-0.15, -0.1) is 0 Å². The maximum absolute atomic E-state index is 12.2. The second kappa shape index (κ2) is 8.24. The van der Waals surface area contributed by atoms with Gasteiger partial charge in [-0.3, -0.25) is 4.98 Å². The molecular formula is C19H21N5O2S. The van der Waals surface area contributed by atoms with Gasteiger partial charge in [-0.2, -0.15) is 0 Å². The van der Waals surface area contributed by atoms with Crippen molar-refractivity contribution < 1.29 is 8.42 Å². The number of benzene rings is 1. The lowest BCUT2D eigenvalue weighted by atomic mass is 10.2. The Morgan fingerprint density at radius 3 is 2.48 bits per heavy atom. The molecule has 27 heavy (non-hydrogen) atoms. The minimum Gasteiger partial charge on any atom is -0.366 e. The summed E-state index contributed by atoms with van der Waals surface area (Å²) < 4.78 is 26.8. The third-order valence-corrected chi connectivity index (χ3v) is 5.59. The van der Waals surface area contributed by atoms with Gasteiger partial charge in [0.25, 0.3) is 0 Å². The number of sulfonamides is 1. The molecule has 2 heterocycles. The molecule has 0 spiro atoms. The van der Waals surface area contributed by atoms with E-state index < -0.39 is 10.0 Å². The van der Waals surface area contributed by atoms with Crippen molar-refractivity contribution in [2.24, 2.45) is 0 Å². The second-order valence-corrected chi connectivity index (χ2v) is 7.68. The monoisotopic (exact) mass is 383 g/mol. The number of nitrogens with zero attached hydrogens (tertiary/aromatic N) is 3. The van der Waals surface area contributed by atoms with Gasteiger partial charge in [0.05, 0.1) is 4.90 Å². The van der Waals surface area contributed by atoms with Gasteiger partial charge in [0.1, 0.15) is 5.82 Å². The molecular weight excluding hydrogens is 362 g/mol. The molecule has 0 aliphatic heterocycles. The molecule has 0 bridgehead atoms. The Bertz CT molecular complexity index is 1020. The average Bonchev–Trinajstić information content (AvgIpc) is 2.72. The molecule has 7 nitrogen and oxygen atoms in total. The first-order valence-corrected chi connectivity index (χ1v) is 10.1. The second-order valence-electron chi connectivity index (χ2n) is 5.83. The topological polar surface area (TPSA) is 96.9 Å². The van der Waals surface area contributed by atoms with Crippen LogP contribution in [0.4, 0.5) is 5.82 Å². The summed E-state index contributed by atoms with van der Waals surface area (Å²) in [6.07, 6.45) is 4.16. The van der Waals surface area contributed by atoms with Gasteiger partial charge in [0, 0.05) is 36.3 Å². The van der Waals surface area contributed by atoms with E-state index >= 15 is 0 Å². The normalized spacial score (nSPS) is 11.3. The van der Waals surface area contributed by atoms with Crippen molar-refractivity contribution in [2.75, 3.05) is 12.4 Å². The van der Waals surface area contributed by atoms with Crippen molar-refractivity contribution in [1.82, 2.24) is 19.7 Å². The fourth-order valence-electron chi connectivity index (χ4n) is 2.61. The van der Waals surface area contributed by atoms with Crippen LogP contribution in [0.3, 0.4) is 0 Å². The van der Waals surface area contributed by atoms with E-state index in [9.17, 15) is 8.42 Å². The van der Waals surface area contributed by atoms with Gasteiger partial charge in [0.15, 0.2) is 5.82 Å². The number of hydrogen-bond acceptors (Lipinski definition) is 6. The van der Waals surface area contributed by atoms with Crippen LogP contribution in [0.2, 0.25) is 0 Å². The van der Waals surface area contributed by atoms with Crippen molar-refractivity contribution in [3.05, 3.63) is 66.1 Å². The lowest BCUT2D eigenvalue weighted by Crippen LogP contribution is -2.20. The van der Waals surface area contributed by atoms with Crippen molar-refractivity contribution >= 4 is 15.8 Å². The molecule has 2 aromatic heterocycles. The van der Waals surface area contributed by atoms with Gasteiger partial charge in [-0.25, -0.2) is 23.1 Å². The van der Waals surface area contributed by atoms with Gasteiger partial charge >= 0.3 is 0 Å². The van der Waals surface area contributed by atoms with E-state index in [4.69, 9.17) is 0 Å². The number of aryl methyl sites for hydroxylation is 1. The zero-order chi connectivity index (χ0) is 19.3. The van der Waals surface area contributed by atoms with Crippen LogP contribution in [-0.2, 0) is 23.0 Å². The first-order chi connectivity index (χ1) is 13.0. The molecule has 1 aromatic carbocycles. The van der Waals surface area contributed by atoms with Crippen LogP contribution in [0.5, 0.6) is 0 Å². The van der Waals surface area contributed by atoms with Crippen molar-refractivity contribution in [1.29, 1.82) is 0 Å². The summed E-state index contributed by atoms with van der Waals surface area (Å²) in [5.74, 6) is 1.25. The summed E-state index contributed by atoms with van der Waals surface area (Å²) in [7, 11) is -2.13. The Kier molecular flexibility index (Phi) is 5.78. The van der Waals surface area contributed by atoms with Gasteiger partial charge < -0.3 is 5.32 Å². The Hall–Kier alpha value is -2.84. The van der Waals surface area contributed by atoms with E-state index in [1.165, 1.54) is 7.05 Å². The van der Waals surface area contributed by atoms with Gasteiger partial charge in [0.2, 0.25) is 10.0 Å². The quantitative estimate of drug-likeness (QED) is 0.651. The molecule has 3 aromatic rings. The van der Waals surface area contributed by atoms with Crippen LogP contribution in [0.25, 0.3) is 11.4 Å². The smallest absolute Gasteiger partial charge is 0.240 e. The standard InChI is InChI=1S/C19H21N5O2S/c1-3-16-12-18(24-19(23-16)14-8-10-21-11-9-14)22-13-15-6-4-5-7-17(15)27(25,26)20-2/h4-12,20H,3,13H2,1-2H3,(H,22,23,24). The summed E-state index contributed by atoms with van der Waals surface area (Å²) in [6.45, 7) is 2.35. The van der Waals surface area contributed by atoms with Crippen LogP contribution >= 0.6 is 0 Å². The molecule has 8 heteroatoms. The number of pyridine rings is 1. The lowest BCUT2D eigenvalue weighted by molar-refractivity contribution is 0.587. The summed E-state index contributed by atoms with van der Waals surface area (Å²) >= 11 is 0. The fourth-order valence-corrected chi connectivity index (χ4v) is 3.57. The summed E-state index contributed by atoms with van der Waals surface area (Å²) in [4.78, 5) is 13.4. The average molecular weight is 383 g/mol. The third kappa shape index (κ3) is 4.47. The summed E-state index contributed by atoms with van der Waals surface area (Å²) in [5.41, 5.74) is 2.44. The molecule has 0 saturated heterocycles. The van der Waals surface area contributed by atoms with Crippen LogP contribution in [-0.4, -0.2) is 30.4 Å². The fraction of sp³-hybridized carbons (Fsp3) is 0.211. The molecule has 0 unspecified atom stereocenters. The highest BCUT2D eigenvalue weighted by Gasteiger charge is 2.16. The predicted molar refractivity (Wildman–Crippen MR) is 105 cm³/mol. The molecule has 140 valence electrons. The molecule has 0 aliphatic carbocycles. The zero-order valence-corrected chi connectivity index (χ0v) is 16.0. The minimum absolute atomic E-state index is 0.249. The molecule has 3 rings (SSSR count). The number of rotatable bonds is 7. The Morgan fingerprint density at radius 2 is 1.78 bits per heavy atom. The first kappa shape index (κ1) is 18.9. The van der Waals surface area contributed by atoms with E-state index in [1.807, 2.05) is 31.2 Å². The SMILES string of the molecule is CCc1cc(NCc2ccccc2S(=O)(=O)NC)nc(-c2ccncc2)n1. The number of aromatic nitrogens is 3. The summed E-state index contributed by atoms with van der Waals surface area (Å²) in [5, 5.41) is 3.22. The van der Waals surface area contributed by atoms with Gasteiger partial charge in [-0.05, 0) is 37.2 Å². The Balaban J connectivity index is 1.89. The molecule has 0 fully saturated rings. The highest BCUT2D eigenvalue weighted by molar-refractivity contribution is 7.89. The molecule has 2 N–H and O–H groups in total. The maximum Gasteiger partial charge on any atom is 0.240 e. The summed E-state index contributed by atoms with van der Waals surface area (Å²) in [6, 6.07) is 12.5. The number of hydrogen-bond donors (Lipinski definition) is 2. The highest BCUT2D eigenvalue weighted by atomic mass is 32.2. The largest absolute Gasteiger partial charge is 0.366 e. The third-order valence-electron chi connectivity index (χ3n) is 4.07. The van der Waals surface area contributed by atoms with Gasteiger partial charge in [-0.1, -0.05) is 25.1 Å². The number of nitrogens with one attached hydrogen (secondary N) is 2. The predicted octanol–water partition coefficient (Wildman–Crippen LogP) is 2.62. The molecule has 0 amide bonds.